The molecule has 1 N–H and O–H groups in total. The topological polar surface area (TPSA) is 45.2 Å². The van der Waals surface area contributed by atoms with Crippen LogP contribution in [0.5, 0.6) is 0 Å². The minimum absolute atomic E-state index is 0.242. The van der Waals surface area contributed by atoms with E-state index in [9.17, 15) is 4.79 Å². The fraction of sp³-hybridized carbons (Fsp3) is 0.400. The van der Waals surface area contributed by atoms with Gasteiger partial charge in [0.25, 0.3) is 0 Å². The Morgan fingerprint density at radius 2 is 2.29 bits per heavy atom. The Hall–Kier alpha value is -1.58. The van der Waals surface area contributed by atoms with E-state index in [1.165, 1.54) is 5.56 Å². The van der Waals surface area contributed by atoms with E-state index in [1.807, 2.05) is 11.1 Å². The second-order valence-electron chi connectivity index (χ2n) is 3.67. The zero-order chi connectivity index (χ0) is 9.54. The first kappa shape index (κ1) is 7.79. The maximum Gasteiger partial charge on any atom is 0.227 e. The van der Waals surface area contributed by atoms with Gasteiger partial charge < -0.3 is 10.2 Å². The molecule has 3 rings (SSSR count). The zero-order valence-corrected chi connectivity index (χ0v) is 7.79. The summed E-state index contributed by atoms with van der Waals surface area (Å²) in [6.07, 6.45) is 5.11. The molecule has 0 unspecified atom stereocenters. The lowest BCUT2D eigenvalue weighted by atomic mass is 10.0. The van der Waals surface area contributed by atoms with Crippen LogP contribution < -0.4 is 10.2 Å². The molecule has 0 aromatic carbocycles. The van der Waals surface area contributed by atoms with Gasteiger partial charge in [0.1, 0.15) is 0 Å². The second kappa shape index (κ2) is 2.70. The molecule has 1 aromatic heterocycles. The maximum absolute atomic E-state index is 11.7. The molecular weight excluding hydrogens is 178 g/mol. The molecule has 4 nitrogen and oxygen atoms in total. The van der Waals surface area contributed by atoms with Crippen LogP contribution in [0.1, 0.15) is 12.0 Å². The average Bonchev–Trinajstić information content (AvgIpc) is 2.24. The van der Waals surface area contributed by atoms with E-state index >= 15 is 0 Å². The summed E-state index contributed by atoms with van der Waals surface area (Å²) in [7, 11) is 0. The number of nitrogens with zero attached hydrogens (tertiary/aromatic N) is 2. The fourth-order valence-electron chi connectivity index (χ4n) is 2.17. The predicted octanol–water partition coefficient (Wildman–Crippen LogP) is 0.786. The summed E-state index contributed by atoms with van der Waals surface area (Å²) >= 11 is 0. The van der Waals surface area contributed by atoms with Crippen LogP contribution in [0.3, 0.4) is 0 Å². The lowest BCUT2D eigenvalue weighted by Gasteiger charge is -2.34. The maximum atomic E-state index is 11.7. The normalized spacial score (nSPS) is 18.9. The van der Waals surface area contributed by atoms with Crippen molar-refractivity contribution in [2.45, 2.75) is 12.8 Å². The van der Waals surface area contributed by atoms with Gasteiger partial charge in [0, 0.05) is 25.7 Å². The largest absolute Gasteiger partial charge is 0.380 e. The van der Waals surface area contributed by atoms with Crippen LogP contribution in [0.15, 0.2) is 12.4 Å². The van der Waals surface area contributed by atoms with E-state index in [0.29, 0.717) is 6.42 Å². The molecule has 0 spiro atoms. The van der Waals surface area contributed by atoms with Gasteiger partial charge in [0.05, 0.1) is 17.6 Å². The highest BCUT2D eigenvalue weighted by Gasteiger charge is 2.28. The summed E-state index contributed by atoms with van der Waals surface area (Å²) in [5.74, 6) is 0.242. The van der Waals surface area contributed by atoms with Gasteiger partial charge in [-0.15, -0.1) is 0 Å². The first-order valence-electron chi connectivity index (χ1n) is 4.87. The minimum atomic E-state index is 0.242. The van der Waals surface area contributed by atoms with Gasteiger partial charge in [-0.2, -0.15) is 0 Å². The van der Waals surface area contributed by atoms with Gasteiger partial charge >= 0.3 is 0 Å². The third-order valence-corrected chi connectivity index (χ3v) is 2.82. The summed E-state index contributed by atoms with van der Waals surface area (Å²) in [4.78, 5) is 17.7. The highest BCUT2D eigenvalue weighted by atomic mass is 16.2. The number of rotatable bonds is 0. The van der Waals surface area contributed by atoms with Crippen molar-refractivity contribution in [3.63, 3.8) is 0 Å². The highest BCUT2D eigenvalue weighted by molar-refractivity contribution is 6.00. The first-order chi connectivity index (χ1) is 6.86. The lowest BCUT2D eigenvalue weighted by Crippen LogP contribution is -2.42. The molecule has 2 aliphatic heterocycles. The molecule has 0 atom stereocenters. The molecule has 4 heteroatoms. The van der Waals surface area contributed by atoms with Crippen molar-refractivity contribution >= 4 is 17.3 Å². The van der Waals surface area contributed by atoms with Crippen LogP contribution in [0.25, 0.3) is 0 Å². The van der Waals surface area contributed by atoms with E-state index in [-0.39, 0.29) is 5.91 Å². The Kier molecular flexibility index (Phi) is 1.50. The predicted molar refractivity (Wildman–Crippen MR) is 53.4 cm³/mol. The Balaban J connectivity index is 2.21. The molecular formula is C10H11N3O. The Bertz CT molecular complexity index is 388. The van der Waals surface area contributed by atoms with Crippen LogP contribution in [0.4, 0.5) is 11.4 Å². The summed E-state index contributed by atoms with van der Waals surface area (Å²) in [5, 5.41) is 3.27. The number of hydrogen-bond acceptors (Lipinski definition) is 3. The van der Waals surface area contributed by atoms with Gasteiger partial charge in [-0.1, -0.05) is 0 Å². The number of aromatic nitrogens is 1. The second-order valence-corrected chi connectivity index (χ2v) is 3.67. The summed E-state index contributed by atoms with van der Waals surface area (Å²) in [6.45, 7) is 1.60. The fourth-order valence-corrected chi connectivity index (χ4v) is 2.17. The van der Waals surface area contributed by atoms with E-state index in [1.54, 1.807) is 6.20 Å². The molecule has 14 heavy (non-hydrogen) atoms. The van der Waals surface area contributed by atoms with Crippen LogP contribution in [-0.2, 0) is 11.2 Å². The minimum Gasteiger partial charge on any atom is -0.380 e. The van der Waals surface area contributed by atoms with Crippen molar-refractivity contribution in [3.8, 4) is 0 Å². The molecule has 1 aromatic rings. The zero-order valence-electron chi connectivity index (χ0n) is 7.79. The highest BCUT2D eigenvalue weighted by Crippen LogP contribution is 2.35. The molecule has 0 bridgehead atoms. The number of aryl methyl sites for hydroxylation is 1. The summed E-state index contributed by atoms with van der Waals surface area (Å²) in [5.41, 5.74) is 3.25. The van der Waals surface area contributed by atoms with Crippen molar-refractivity contribution in [1.82, 2.24) is 4.98 Å². The van der Waals surface area contributed by atoms with E-state index < -0.39 is 0 Å². The number of anilines is 2. The van der Waals surface area contributed by atoms with Crippen molar-refractivity contribution < 1.29 is 4.79 Å². The number of nitrogens with one attached hydrogen (secondary N) is 1. The standard InChI is InChI=1S/C10H11N3O/c14-9-2-1-7-5-11-6-8-10(7)13(9)4-3-12-8/h5-6,12H,1-4H2. The van der Waals surface area contributed by atoms with E-state index in [4.69, 9.17) is 0 Å². The number of amides is 1. The molecule has 0 aliphatic carbocycles. The van der Waals surface area contributed by atoms with Crippen LogP contribution in [-0.4, -0.2) is 24.0 Å². The Morgan fingerprint density at radius 3 is 3.21 bits per heavy atom. The van der Waals surface area contributed by atoms with E-state index in [0.717, 1.165) is 30.9 Å². The van der Waals surface area contributed by atoms with Gasteiger partial charge in [-0.3, -0.25) is 9.78 Å². The lowest BCUT2D eigenvalue weighted by molar-refractivity contribution is -0.118. The van der Waals surface area contributed by atoms with Crippen molar-refractivity contribution in [3.05, 3.63) is 18.0 Å². The third-order valence-electron chi connectivity index (χ3n) is 2.82. The smallest absolute Gasteiger partial charge is 0.227 e. The molecule has 0 saturated heterocycles. The van der Waals surface area contributed by atoms with Crippen LogP contribution in [0, 0.1) is 0 Å². The average molecular weight is 189 g/mol. The summed E-state index contributed by atoms with van der Waals surface area (Å²) in [6, 6.07) is 0. The molecule has 2 aliphatic rings. The van der Waals surface area contributed by atoms with Gasteiger partial charge in [0.2, 0.25) is 5.91 Å². The molecule has 0 radical (unpaired) electrons. The summed E-state index contributed by atoms with van der Waals surface area (Å²) < 4.78 is 0. The SMILES string of the molecule is O=C1CCc2cncc3c2N1CCN3. The van der Waals surface area contributed by atoms with Gasteiger partial charge in [-0.25, -0.2) is 0 Å². The molecule has 72 valence electrons. The molecule has 0 saturated carbocycles. The monoisotopic (exact) mass is 189 g/mol. The third kappa shape index (κ3) is 0.937. The molecule has 0 fully saturated rings. The number of pyridine rings is 1. The number of carbonyl (C=O) groups is 1. The number of hydrogen-bond donors (Lipinski definition) is 1. The van der Waals surface area contributed by atoms with Gasteiger partial charge in [-0.05, 0) is 12.0 Å². The van der Waals surface area contributed by atoms with Gasteiger partial charge in [0.15, 0.2) is 0 Å². The molecule has 1 amide bonds. The van der Waals surface area contributed by atoms with Crippen LogP contribution >= 0.6 is 0 Å². The van der Waals surface area contributed by atoms with E-state index in [2.05, 4.69) is 10.3 Å². The van der Waals surface area contributed by atoms with Crippen molar-refractivity contribution in [2.75, 3.05) is 23.3 Å². The Labute approximate surface area is 81.9 Å². The number of carbonyl (C=O) groups excluding carboxylic acids is 1. The Morgan fingerprint density at radius 1 is 1.36 bits per heavy atom. The quantitative estimate of drug-likeness (QED) is 0.656. The van der Waals surface area contributed by atoms with Crippen molar-refractivity contribution in [2.24, 2.45) is 0 Å². The molecule has 3 heterocycles. The van der Waals surface area contributed by atoms with Crippen molar-refractivity contribution in [1.29, 1.82) is 0 Å². The first-order valence-corrected chi connectivity index (χ1v) is 4.87. The van der Waals surface area contributed by atoms with Crippen LogP contribution in [0.2, 0.25) is 0 Å².